The quantitative estimate of drug-likeness (QED) is 0.816. The first-order valence-corrected chi connectivity index (χ1v) is 7.83. The Balaban J connectivity index is 1.96. The summed E-state index contributed by atoms with van der Waals surface area (Å²) in [7, 11) is 1.47. The number of hydrogen-bond donors (Lipinski definition) is 2. The second-order valence-electron chi connectivity index (χ2n) is 6.14. The average molecular weight is 295 g/mol. The summed E-state index contributed by atoms with van der Waals surface area (Å²) in [5.74, 6) is -0.0924. The van der Waals surface area contributed by atoms with E-state index < -0.39 is 5.60 Å². The first-order valence-electron chi connectivity index (χ1n) is 7.83. The van der Waals surface area contributed by atoms with Crippen molar-refractivity contribution in [2.75, 3.05) is 13.7 Å². The highest BCUT2D eigenvalue weighted by molar-refractivity contribution is 5.31. The topological polar surface area (TPSA) is 41.5 Å². The maximum Gasteiger partial charge on any atom is 0.165 e. The molecule has 118 valence electrons. The number of nitrogens with one attached hydrogen (secondary N) is 1. The molecule has 2 rings (SSSR count). The fourth-order valence-corrected chi connectivity index (χ4v) is 2.97. The van der Waals surface area contributed by atoms with Crippen molar-refractivity contribution in [1.29, 1.82) is 0 Å². The van der Waals surface area contributed by atoms with Gasteiger partial charge in [0.2, 0.25) is 0 Å². The molecule has 1 atom stereocenters. The Morgan fingerprint density at radius 3 is 2.57 bits per heavy atom. The van der Waals surface area contributed by atoms with Crippen LogP contribution in [0.3, 0.4) is 0 Å². The monoisotopic (exact) mass is 295 g/mol. The number of benzene rings is 1. The molecule has 0 aromatic heterocycles. The zero-order chi connectivity index (χ0) is 15.3. The number of methoxy groups -OCH3 is 1. The van der Waals surface area contributed by atoms with E-state index in [4.69, 9.17) is 4.74 Å². The lowest BCUT2D eigenvalue weighted by Crippen LogP contribution is -2.41. The normalized spacial score (nSPS) is 19.8. The number of rotatable bonds is 5. The molecule has 3 nitrogen and oxygen atoms in total. The smallest absolute Gasteiger partial charge is 0.165 e. The Morgan fingerprint density at radius 1 is 1.29 bits per heavy atom. The first-order chi connectivity index (χ1) is 10.0. The molecule has 4 heteroatoms. The van der Waals surface area contributed by atoms with E-state index in [1.54, 1.807) is 12.1 Å². The Bertz CT molecular complexity index is 456. The molecule has 0 radical (unpaired) electrons. The summed E-state index contributed by atoms with van der Waals surface area (Å²) in [5.41, 5.74) is 0.361. The van der Waals surface area contributed by atoms with Crippen LogP contribution in [-0.2, 0) is 0 Å². The van der Waals surface area contributed by atoms with Crippen molar-refractivity contribution in [2.24, 2.45) is 0 Å². The SMILES string of the molecule is COc1cc(C(C)NCC2(O)CCCCCC2)ccc1F. The fraction of sp³-hybridized carbons (Fsp3) is 0.647. The minimum Gasteiger partial charge on any atom is -0.494 e. The third kappa shape index (κ3) is 4.42. The maximum absolute atomic E-state index is 13.4. The standard InChI is InChI=1S/C17H26FNO2/c1-13(14-7-8-15(18)16(11-14)21-2)19-12-17(20)9-5-3-4-6-10-17/h7-8,11,13,19-20H,3-6,9-10,12H2,1-2H3. The van der Waals surface area contributed by atoms with Crippen molar-refractivity contribution >= 4 is 0 Å². The van der Waals surface area contributed by atoms with Crippen molar-refractivity contribution in [3.05, 3.63) is 29.6 Å². The summed E-state index contributed by atoms with van der Waals surface area (Å²) in [6.45, 7) is 2.60. The van der Waals surface area contributed by atoms with Gasteiger partial charge in [0.1, 0.15) is 0 Å². The summed E-state index contributed by atoms with van der Waals surface area (Å²) in [6.07, 6.45) is 6.34. The number of ether oxygens (including phenoxy) is 1. The number of hydrogen-bond acceptors (Lipinski definition) is 3. The second-order valence-corrected chi connectivity index (χ2v) is 6.14. The molecule has 2 N–H and O–H groups in total. The summed E-state index contributed by atoms with van der Waals surface area (Å²) < 4.78 is 18.4. The Kier molecular flexibility index (Phi) is 5.59. The van der Waals surface area contributed by atoms with Crippen LogP contribution in [-0.4, -0.2) is 24.4 Å². The van der Waals surface area contributed by atoms with Crippen LogP contribution in [0, 0.1) is 5.82 Å². The Morgan fingerprint density at radius 2 is 1.95 bits per heavy atom. The lowest BCUT2D eigenvalue weighted by Gasteiger charge is -2.29. The average Bonchev–Trinajstić information content (AvgIpc) is 2.70. The van der Waals surface area contributed by atoms with Crippen LogP contribution < -0.4 is 10.1 Å². The molecule has 0 aliphatic heterocycles. The molecule has 1 aliphatic carbocycles. The fourth-order valence-electron chi connectivity index (χ4n) is 2.97. The lowest BCUT2D eigenvalue weighted by molar-refractivity contribution is 0.0231. The Hall–Kier alpha value is -1.13. The predicted molar refractivity (Wildman–Crippen MR) is 82.0 cm³/mol. The van der Waals surface area contributed by atoms with Gasteiger partial charge >= 0.3 is 0 Å². The van der Waals surface area contributed by atoms with Gasteiger partial charge in [-0.15, -0.1) is 0 Å². The summed E-state index contributed by atoms with van der Waals surface area (Å²) in [6, 6.07) is 4.94. The van der Waals surface area contributed by atoms with E-state index in [1.165, 1.54) is 26.0 Å². The zero-order valence-electron chi connectivity index (χ0n) is 13.0. The number of halogens is 1. The highest BCUT2D eigenvalue weighted by Gasteiger charge is 2.28. The van der Waals surface area contributed by atoms with E-state index in [0.29, 0.717) is 6.54 Å². The van der Waals surface area contributed by atoms with Crippen molar-refractivity contribution < 1.29 is 14.2 Å². The van der Waals surface area contributed by atoms with Crippen LogP contribution in [0.2, 0.25) is 0 Å². The van der Waals surface area contributed by atoms with Gasteiger partial charge < -0.3 is 15.2 Å². The van der Waals surface area contributed by atoms with Crippen LogP contribution in [0.25, 0.3) is 0 Å². The summed E-state index contributed by atoms with van der Waals surface area (Å²) >= 11 is 0. The van der Waals surface area contributed by atoms with Crippen LogP contribution in [0.15, 0.2) is 18.2 Å². The van der Waals surface area contributed by atoms with Crippen molar-refractivity contribution in [1.82, 2.24) is 5.32 Å². The van der Waals surface area contributed by atoms with Gasteiger partial charge in [-0.3, -0.25) is 0 Å². The van der Waals surface area contributed by atoms with Gasteiger partial charge in [-0.2, -0.15) is 0 Å². The van der Waals surface area contributed by atoms with Gasteiger partial charge in [-0.1, -0.05) is 31.7 Å². The molecule has 0 heterocycles. The molecule has 1 saturated carbocycles. The predicted octanol–water partition coefficient (Wildman–Crippen LogP) is 3.57. The van der Waals surface area contributed by atoms with Crippen molar-refractivity contribution in [2.45, 2.75) is 57.1 Å². The Labute approximate surface area is 126 Å². The minimum absolute atomic E-state index is 0.0479. The van der Waals surface area contributed by atoms with Crippen LogP contribution in [0.4, 0.5) is 4.39 Å². The van der Waals surface area contributed by atoms with Gasteiger partial charge in [0.15, 0.2) is 11.6 Å². The third-order valence-electron chi connectivity index (χ3n) is 4.45. The van der Waals surface area contributed by atoms with E-state index in [2.05, 4.69) is 5.32 Å². The number of aliphatic hydroxyl groups is 1. The molecular formula is C17H26FNO2. The minimum atomic E-state index is -0.602. The van der Waals surface area contributed by atoms with Crippen LogP contribution in [0.5, 0.6) is 5.75 Å². The maximum atomic E-state index is 13.4. The van der Waals surface area contributed by atoms with Gasteiger partial charge in [0.25, 0.3) is 0 Å². The molecule has 1 aliphatic rings. The van der Waals surface area contributed by atoms with Gasteiger partial charge in [-0.05, 0) is 37.5 Å². The van der Waals surface area contributed by atoms with E-state index in [-0.39, 0.29) is 17.6 Å². The summed E-state index contributed by atoms with van der Waals surface area (Å²) in [5, 5.41) is 14.0. The van der Waals surface area contributed by atoms with Crippen molar-refractivity contribution in [3.8, 4) is 5.75 Å². The molecule has 0 spiro atoms. The van der Waals surface area contributed by atoms with Gasteiger partial charge in [0, 0.05) is 12.6 Å². The molecule has 1 aromatic carbocycles. The molecule has 0 bridgehead atoms. The third-order valence-corrected chi connectivity index (χ3v) is 4.45. The van der Waals surface area contributed by atoms with Crippen LogP contribution >= 0.6 is 0 Å². The zero-order valence-corrected chi connectivity index (χ0v) is 13.0. The molecule has 1 aromatic rings. The molecule has 1 fully saturated rings. The van der Waals surface area contributed by atoms with E-state index in [0.717, 1.165) is 31.2 Å². The molecule has 0 saturated heterocycles. The molecular weight excluding hydrogens is 269 g/mol. The van der Waals surface area contributed by atoms with Gasteiger partial charge in [-0.25, -0.2) is 4.39 Å². The lowest BCUT2D eigenvalue weighted by atomic mass is 9.94. The largest absolute Gasteiger partial charge is 0.494 e. The van der Waals surface area contributed by atoms with E-state index in [9.17, 15) is 9.50 Å². The van der Waals surface area contributed by atoms with Crippen molar-refractivity contribution in [3.63, 3.8) is 0 Å². The van der Waals surface area contributed by atoms with Gasteiger partial charge in [0.05, 0.1) is 12.7 Å². The molecule has 21 heavy (non-hydrogen) atoms. The second kappa shape index (κ2) is 7.23. The molecule has 1 unspecified atom stereocenters. The highest BCUT2D eigenvalue weighted by atomic mass is 19.1. The van der Waals surface area contributed by atoms with Crippen LogP contribution in [0.1, 0.15) is 57.1 Å². The van der Waals surface area contributed by atoms with E-state index in [1.807, 2.05) is 6.92 Å². The molecule has 0 amide bonds. The first kappa shape index (κ1) is 16.2. The van der Waals surface area contributed by atoms with E-state index >= 15 is 0 Å². The summed E-state index contributed by atoms with van der Waals surface area (Å²) in [4.78, 5) is 0. The highest BCUT2D eigenvalue weighted by Crippen LogP contribution is 2.28.